The largest absolute Gasteiger partial charge is 0.476 e. The molecular weight excluding hydrogens is 426 g/mol. The summed E-state index contributed by atoms with van der Waals surface area (Å²) in [7, 11) is 0. The Morgan fingerprint density at radius 2 is 1.71 bits per heavy atom. The molecule has 0 aliphatic carbocycles. The zero-order chi connectivity index (χ0) is 23.0. The van der Waals surface area contributed by atoms with E-state index in [0.29, 0.717) is 35.6 Å². The van der Waals surface area contributed by atoms with E-state index >= 15 is 0 Å². The van der Waals surface area contributed by atoms with Gasteiger partial charge in [0.2, 0.25) is 6.29 Å². The standard InChI is InChI=1S/C22H24ClNO7/c1-15(31-24(27)28)29-21(26)22(2,3)30-19-13-7-16(8-14-19)5-4-6-20(25)17-9-11-18(23)12-10-17/h7-15H,4-6H2,1-3H3. The quantitative estimate of drug-likeness (QED) is 0.159. The first kappa shape index (κ1) is 24.1. The number of Topliss-reactive ketones (excluding diaryl/α,β-unsaturated/α-hetero) is 1. The van der Waals surface area contributed by atoms with E-state index in [2.05, 4.69) is 4.84 Å². The fourth-order valence-electron chi connectivity index (χ4n) is 2.73. The molecule has 0 saturated heterocycles. The number of carbonyl (C=O) groups is 2. The lowest BCUT2D eigenvalue weighted by Gasteiger charge is -2.25. The summed E-state index contributed by atoms with van der Waals surface area (Å²) in [5.74, 6) is -0.301. The van der Waals surface area contributed by atoms with Crippen molar-refractivity contribution in [3.05, 3.63) is 74.8 Å². The van der Waals surface area contributed by atoms with Gasteiger partial charge >= 0.3 is 5.97 Å². The molecule has 0 radical (unpaired) electrons. The predicted molar refractivity (Wildman–Crippen MR) is 114 cm³/mol. The van der Waals surface area contributed by atoms with Gasteiger partial charge in [-0.15, -0.1) is 10.1 Å². The molecule has 0 bridgehead atoms. The molecule has 0 aliphatic heterocycles. The molecule has 0 saturated carbocycles. The van der Waals surface area contributed by atoms with Crippen molar-refractivity contribution in [3.8, 4) is 5.75 Å². The third-order valence-electron chi connectivity index (χ3n) is 4.33. The lowest BCUT2D eigenvalue weighted by molar-refractivity contribution is -0.777. The third-order valence-corrected chi connectivity index (χ3v) is 4.58. The summed E-state index contributed by atoms with van der Waals surface area (Å²) < 4.78 is 10.5. The van der Waals surface area contributed by atoms with Crippen molar-refractivity contribution in [2.24, 2.45) is 0 Å². The highest BCUT2D eigenvalue weighted by Crippen LogP contribution is 2.22. The summed E-state index contributed by atoms with van der Waals surface area (Å²) in [6.07, 6.45) is 0.473. The molecule has 0 fully saturated rings. The van der Waals surface area contributed by atoms with E-state index in [-0.39, 0.29) is 5.78 Å². The van der Waals surface area contributed by atoms with Gasteiger partial charge in [0.05, 0.1) is 0 Å². The van der Waals surface area contributed by atoms with Crippen LogP contribution in [0.2, 0.25) is 5.02 Å². The van der Waals surface area contributed by atoms with Crippen molar-refractivity contribution in [2.45, 2.75) is 51.9 Å². The summed E-state index contributed by atoms with van der Waals surface area (Å²) in [6, 6.07) is 13.9. The maximum Gasteiger partial charge on any atom is 0.351 e. The zero-order valence-corrected chi connectivity index (χ0v) is 18.3. The molecule has 9 heteroatoms. The average Bonchev–Trinajstić information content (AvgIpc) is 2.68. The number of ketones is 1. The van der Waals surface area contributed by atoms with Crippen LogP contribution in [0.1, 0.15) is 49.5 Å². The molecule has 8 nitrogen and oxygen atoms in total. The first-order valence-corrected chi connectivity index (χ1v) is 10.0. The molecule has 2 rings (SSSR count). The monoisotopic (exact) mass is 449 g/mol. The fraction of sp³-hybridized carbons (Fsp3) is 0.364. The maximum absolute atomic E-state index is 12.2. The molecule has 0 amide bonds. The number of ether oxygens (including phenoxy) is 2. The van der Waals surface area contributed by atoms with Crippen LogP contribution in [0.15, 0.2) is 48.5 Å². The molecule has 1 atom stereocenters. The molecule has 0 aliphatic rings. The average molecular weight is 450 g/mol. The van der Waals surface area contributed by atoms with Gasteiger partial charge in [0.15, 0.2) is 11.4 Å². The second-order valence-electron chi connectivity index (χ2n) is 7.34. The Morgan fingerprint density at radius 1 is 1.10 bits per heavy atom. The molecule has 0 N–H and O–H groups in total. The van der Waals surface area contributed by atoms with Crippen LogP contribution in [-0.4, -0.2) is 28.7 Å². The highest BCUT2D eigenvalue weighted by atomic mass is 35.5. The number of hydrogen-bond acceptors (Lipinski definition) is 7. The number of nitrogens with zero attached hydrogens (tertiary/aromatic N) is 1. The minimum absolute atomic E-state index is 0.0622. The summed E-state index contributed by atoms with van der Waals surface area (Å²) >= 11 is 5.83. The Balaban J connectivity index is 1.83. The van der Waals surface area contributed by atoms with Crippen molar-refractivity contribution < 1.29 is 29.0 Å². The van der Waals surface area contributed by atoms with Crippen molar-refractivity contribution in [2.75, 3.05) is 0 Å². The topological polar surface area (TPSA) is 105 Å². The van der Waals surface area contributed by atoms with Crippen LogP contribution in [0.4, 0.5) is 0 Å². The van der Waals surface area contributed by atoms with Gasteiger partial charge in [-0.2, -0.15) is 0 Å². The summed E-state index contributed by atoms with van der Waals surface area (Å²) in [4.78, 5) is 38.8. The Hall–Kier alpha value is -3.13. The molecule has 2 aromatic rings. The molecule has 31 heavy (non-hydrogen) atoms. The van der Waals surface area contributed by atoms with E-state index in [4.69, 9.17) is 21.1 Å². The number of aryl methyl sites for hydroxylation is 1. The summed E-state index contributed by atoms with van der Waals surface area (Å²) in [5, 5.41) is 9.86. The number of rotatable bonds is 11. The van der Waals surface area contributed by atoms with Gasteiger partial charge in [0, 0.05) is 17.0 Å². The van der Waals surface area contributed by atoms with Crippen LogP contribution in [0, 0.1) is 10.1 Å². The zero-order valence-electron chi connectivity index (χ0n) is 17.5. The highest BCUT2D eigenvalue weighted by Gasteiger charge is 2.33. The van der Waals surface area contributed by atoms with E-state index in [1.807, 2.05) is 12.1 Å². The van der Waals surface area contributed by atoms with Crippen LogP contribution >= 0.6 is 11.6 Å². The van der Waals surface area contributed by atoms with E-state index in [1.165, 1.54) is 20.8 Å². The van der Waals surface area contributed by atoms with E-state index in [1.54, 1.807) is 36.4 Å². The highest BCUT2D eigenvalue weighted by molar-refractivity contribution is 6.30. The number of carbonyl (C=O) groups excluding carboxylic acids is 2. The van der Waals surface area contributed by atoms with Crippen molar-refractivity contribution >= 4 is 23.4 Å². The smallest absolute Gasteiger partial charge is 0.351 e. The number of benzene rings is 2. The Kier molecular flexibility index (Phi) is 8.38. The SMILES string of the molecule is CC(OC(=O)C(C)(C)Oc1ccc(CCCC(=O)c2ccc(Cl)cc2)cc1)O[N+](=O)[O-]. The minimum atomic E-state index is -1.37. The van der Waals surface area contributed by atoms with Crippen LogP contribution in [0.3, 0.4) is 0 Å². The number of halogens is 1. The molecule has 0 heterocycles. The minimum Gasteiger partial charge on any atom is -0.476 e. The van der Waals surface area contributed by atoms with Gasteiger partial charge in [0.1, 0.15) is 5.75 Å². The van der Waals surface area contributed by atoms with Gasteiger partial charge in [-0.25, -0.2) is 4.79 Å². The third kappa shape index (κ3) is 7.90. The van der Waals surface area contributed by atoms with Crippen LogP contribution in [0.5, 0.6) is 5.75 Å². The first-order chi connectivity index (χ1) is 14.6. The predicted octanol–water partition coefficient (Wildman–Crippen LogP) is 4.80. The van der Waals surface area contributed by atoms with Gasteiger partial charge in [-0.1, -0.05) is 23.7 Å². The van der Waals surface area contributed by atoms with Gasteiger partial charge < -0.3 is 9.47 Å². The molecule has 166 valence electrons. The van der Waals surface area contributed by atoms with Gasteiger partial charge in [-0.05, 0) is 75.6 Å². The molecule has 2 aromatic carbocycles. The van der Waals surface area contributed by atoms with Crippen molar-refractivity contribution in [1.29, 1.82) is 0 Å². The first-order valence-electron chi connectivity index (χ1n) is 9.66. The Labute approximate surface area is 185 Å². The Bertz CT molecular complexity index is 910. The van der Waals surface area contributed by atoms with Crippen molar-refractivity contribution in [3.63, 3.8) is 0 Å². The van der Waals surface area contributed by atoms with Gasteiger partial charge in [-0.3, -0.25) is 9.63 Å². The second-order valence-corrected chi connectivity index (χ2v) is 7.78. The number of hydrogen-bond donors (Lipinski definition) is 0. The molecular formula is C22H24ClNO7. The van der Waals surface area contributed by atoms with E-state index < -0.39 is 22.9 Å². The van der Waals surface area contributed by atoms with Gasteiger partial charge in [0.25, 0.3) is 5.09 Å². The Morgan fingerprint density at radius 3 is 2.29 bits per heavy atom. The fourth-order valence-corrected chi connectivity index (χ4v) is 2.85. The van der Waals surface area contributed by atoms with E-state index in [0.717, 1.165) is 5.56 Å². The maximum atomic E-state index is 12.2. The lowest BCUT2D eigenvalue weighted by atomic mass is 10.0. The van der Waals surface area contributed by atoms with E-state index in [9.17, 15) is 19.7 Å². The lowest BCUT2D eigenvalue weighted by Crippen LogP contribution is -2.41. The summed E-state index contributed by atoms with van der Waals surface area (Å²) in [5.41, 5.74) is 0.283. The van der Waals surface area contributed by atoms with Crippen LogP contribution in [-0.2, 0) is 20.8 Å². The van der Waals surface area contributed by atoms with Crippen LogP contribution < -0.4 is 4.74 Å². The molecule has 0 spiro atoms. The summed E-state index contributed by atoms with van der Waals surface area (Å²) in [6.45, 7) is 4.22. The molecule has 1 unspecified atom stereocenters. The number of esters is 1. The van der Waals surface area contributed by atoms with Crippen LogP contribution in [0.25, 0.3) is 0 Å². The second kappa shape index (κ2) is 10.8. The molecule has 0 aromatic heterocycles. The normalized spacial score (nSPS) is 12.0. The van der Waals surface area contributed by atoms with Crippen molar-refractivity contribution in [1.82, 2.24) is 0 Å².